The molecule has 0 saturated heterocycles. The summed E-state index contributed by atoms with van der Waals surface area (Å²) in [6, 6.07) is -0.477. The van der Waals surface area contributed by atoms with Crippen LogP contribution in [-0.2, 0) is 14.3 Å². The molecule has 0 aromatic carbocycles. The molecule has 2 rings (SSSR count). The first-order valence-electron chi connectivity index (χ1n) is 10.6. The van der Waals surface area contributed by atoms with Gasteiger partial charge >= 0.3 is 0 Å². The highest BCUT2D eigenvalue weighted by atomic mass is 16.5. The first kappa shape index (κ1) is 22.2. The molecular formula is C21H38N2O4. The van der Waals surface area contributed by atoms with E-state index >= 15 is 0 Å². The summed E-state index contributed by atoms with van der Waals surface area (Å²) in [5, 5.41) is 17.0. The number of carbonyl (C=O) groups is 2. The predicted molar refractivity (Wildman–Crippen MR) is 105 cm³/mol. The van der Waals surface area contributed by atoms with E-state index in [0.717, 1.165) is 38.5 Å². The second-order valence-electron chi connectivity index (χ2n) is 9.08. The number of hydrogen-bond acceptors (Lipinski definition) is 4. The molecule has 1 unspecified atom stereocenters. The SMILES string of the molecule is CCC(=O)N[C@@H]1C(O[C@@]2(C)CCCC[C@@H]2NC(=O)C(C)C)CCC[C@@]1(C)O. The van der Waals surface area contributed by atoms with E-state index in [1.807, 2.05) is 20.8 Å². The van der Waals surface area contributed by atoms with Crippen molar-refractivity contribution < 1.29 is 19.4 Å². The van der Waals surface area contributed by atoms with Gasteiger partial charge in [-0.05, 0) is 46.0 Å². The second-order valence-corrected chi connectivity index (χ2v) is 9.08. The van der Waals surface area contributed by atoms with E-state index in [0.29, 0.717) is 12.8 Å². The van der Waals surface area contributed by atoms with Gasteiger partial charge < -0.3 is 20.5 Å². The van der Waals surface area contributed by atoms with Crippen molar-refractivity contribution in [2.45, 2.75) is 115 Å². The topological polar surface area (TPSA) is 87.7 Å². The highest BCUT2D eigenvalue weighted by molar-refractivity contribution is 5.78. The molecule has 2 aliphatic rings. The van der Waals surface area contributed by atoms with Crippen LogP contribution in [0.2, 0.25) is 0 Å². The van der Waals surface area contributed by atoms with Gasteiger partial charge in [-0.1, -0.05) is 33.6 Å². The maximum atomic E-state index is 12.3. The maximum Gasteiger partial charge on any atom is 0.222 e. The fourth-order valence-corrected chi connectivity index (χ4v) is 4.39. The minimum Gasteiger partial charge on any atom is -0.388 e. The molecule has 0 bridgehead atoms. The van der Waals surface area contributed by atoms with Crippen LogP contribution in [-0.4, -0.2) is 46.3 Å². The van der Waals surface area contributed by atoms with Crippen molar-refractivity contribution in [2.75, 3.05) is 0 Å². The third kappa shape index (κ3) is 5.44. The van der Waals surface area contributed by atoms with Crippen molar-refractivity contribution in [3.05, 3.63) is 0 Å². The summed E-state index contributed by atoms with van der Waals surface area (Å²) in [6.07, 6.45) is 6.30. The summed E-state index contributed by atoms with van der Waals surface area (Å²) in [6.45, 7) is 9.45. The van der Waals surface area contributed by atoms with Gasteiger partial charge in [0.25, 0.3) is 0 Å². The summed E-state index contributed by atoms with van der Waals surface area (Å²) in [5.74, 6) is -0.0967. The molecule has 2 amide bonds. The molecule has 156 valence electrons. The Balaban J connectivity index is 2.18. The molecular weight excluding hydrogens is 344 g/mol. The van der Waals surface area contributed by atoms with E-state index in [-0.39, 0.29) is 29.9 Å². The summed E-state index contributed by atoms with van der Waals surface area (Å²) < 4.78 is 6.62. The Morgan fingerprint density at radius 3 is 2.44 bits per heavy atom. The first-order chi connectivity index (χ1) is 12.6. The van der Waals surface area contributed by atoms with Gasteiger partial charge in [0.1, 0.15) is 0 Å². The second kappa shape index (κ2) is 8.91. The Morgan fingerprint density at radius 1 is 1.11 bits per heavy atom. The van der Waals surface area contributed by atoms with Crippen LogP contribution in [0.3, 0.4) is 0 Å². The lowest BCUT2D eigenvalue weighted by atomic mass is 9.77. The van der Waals surface area contributed by atoms with Crippen molar-refractivity contribution in [2.24, 2.45) is 5.92 Å². The van der Waals surface area contributed by atoms with Gasteiger partial charge in [-0.25, -0.2) is 0 Å². The minimum atomic E-state index is -0.991. The van der Waals surface area contributed by atoms with E-state index in [2.05, 4.69) is 17.6 Å². The molecule has 2 fully saturated rings. The van der Waals surface area contributed by atoms with Crippen LogP contribution in [0.25, 0.3) is 0 Å². The van der Waals surface area contributed by atoms with Crippen LogP contribution in [0.5, 0.6) is 0 Å². The van der Waals surface area contributed by atoms with Crippen LogP contribution < -0.4 is 10.6 Å². The molecule has 5 atom stereocenters. The molecule has 0 radical (unpaired) electrons. The van der Waals surface area contributed by atoms with Gasteiger partial charge in [0.2, 0.25) is 11.8 Å². The summed E-state index contributed by atoms with van der Waals surface area (Å²) in [5.41, 5.74) is -1.48. The van der Waals surface area contributed by atoms with Gasteiger partial charge in [-0.2, -0.15) is 0 Å². The average molecular weight is 383 g/mol. The summed E-state index contributed by atoms with van der Waals surface area (Å²) >= 11 is 0. The Hall–Kier alpha value is -1.14. The van der Waals surface area contributed by atoms with E-state index in [1.165, 1.54) is 0 Å². The Morgan fingerprint density at radius 2 is 1.81 bits per heavy atom. The number of aliphatic hydroxyl groups is 1. The van der Waals surface area contributed by atoms with E-state index in [4.69, 9.17) is 4.74 Å². The van der Waals surface area contributed by atoms with Gasteiger partial charge in [0, 0.05) is 12.3 Å². The average Bonchev–Trinajstić information content (AvgIpc) is 2.59. The normalized spacial score (nSPS) is 37.1. The monoisotopic (exact) mass is 382 g/mol. The first-order valence-corrected chi connectivity index (χ1v) is 10.6. The number of ether oxygens (including phenoxy) is 1. The zero-order valence-electron chi connectivity index (χ0n) is 17.6. The number of carbonyl (C=O) groups excluding carboxylic acids is 2. The molecule has 3 N–H and O–H groups in total. The van der Waals surface area contributed by atoms with Gasteiger partial charge in [-0.15, -0.1) is 0 Å². The van der Waals surface area contributed by atoms with Crippen LogP contribution in [0.15, 0.2) is 0 Å². The molecule has 0 aliphatic heterocycles. The van der Waals surface area contributed by atoms with Crippen molar-refractivity contribution in [3.63, 3.8) is 0 Å². The molecule has 0 heterocycles. The smallest absolute Gasteiger partial charge is 0.222 e. The number of rotatable bonds is 6. The Labute approximate surface area is 163 Å². The zero-order chi connectivity index (χ0) is 20.2. The van der Waals surface area contributed by atoms with Crippen LogP contribution in [0, 0.1) is 5.92 Å². The Bertz CT molecular complexity index is 534. The summed E-state index contributed by atoms with van der Waals surface area (Å²) in [7, 11) is 0. The highest BCUT2D eigenvalue weighted by Crippen LogP contribution is 2.38. The van der Waals surface area contributed by atoms with Crippen LogP contribution in [0.1, 0.15) is 86.0 Å². The molecule has 6 heteroatoms. The van der Waals surface area contributed by atoms with Crippen LogP contribution >= 0.6 is 0 Å². The molecule has 0 aromatic heterocycles. The van der Waals surface area contributed by atoms with Crippen molar-refractivity contribution in [3.8, 4) is 0 Å². The summed E-state index contributed by atoms with van der Waals surface area (Å²) in [4.78, 5) is 24.3. The molecule has 27 heavy (non-hydrogen) atoms. The maximum absolute atomic E-state index is 12.3. The standard InChI is InChI=1S/C21H38N2O4/c1-6-17(24)23-18-15(10-9-12-20(18,4)26)27-21(5)13-8-7-11-16(21)22-19(25)14(2)3/h14-16,18,26H,6-13H2,1-5H3,(H,22,25)(H,23,24)/t15?,16-,18+,20+,21-/m0/s1. The number of nitrogens with one attached hydrogen (secondary N) is 2. The lowest BCUT2D eigenvalue weighted by Crippen LogP contribution is -2.64. The van der Waals surface area contributed by atoms with Crippen LogP contribution in [0.4, 0.5) is 0 Å². The highest BCUT2D eigenvalue weighted by Gasteiger charge is 2.47. The molecule has 0 aromatic rings. The lowest BCUT2D eigenvalue weighted by molar-refractivity contribution is -0.173. The quantitative estimate of drug-likeness (QED) is 0.659. The van der Waals surface area contributed by atoms with E-state index in [1.54, 1.807) is 6.92 Å². The lowest BCUT2D eigenvalue weighted by Gasteiger charge is -2.49. The predicted octanol–water partition coefficient (Wildman–Crippen LogP) is 2.67. The molecule has 0 spiro atoms. The van der Waals surface area contributed by atoms with Gasteiger partial charge in [0.05, 0.1) is 29.4 Å². The van der Waals surface area contributed by atoms with Gasteiger partial charge in [0.15, 0.2) is 0 Å². The van der Waals surface area contributed by atoms with Crippen molar-refractivity contribution in [1.82, 2.24) is 10.6 Å². The van der Waals surface area contributed by atoms with Crippen molar-refractivity contribution in [1.29, 1.82) is 0 Å². The molecule has 6 nitrogen and oxygen atoms in total. The Kier molecular flexibility index (Phi) is 7.31. The minimum absolute atomic E-state index is 0.0446. The molecule has 2 aliphatic carbocycles. The largest absolute Gasteiger partial charge is 0.388 e. The third-order valence-electron chi connectivity index (χ3n) is 6.27. The van der Waals surface area contributed by atoms with Crippen molar-refractivity contribution >= 4 is 11.8 Å². The fraction of sp³-hybridized carbons (Fsp3) is 0.905. The molecule has 2 saturated carbocycles. The fourth-order valence-electron chi connectivity index (χ4n) is 4.39. The third-order valence-corrected chi connectivity index (χ3v) is 6.27. The zero-order valence-corrected chi connectivity index (χ0v) is 17.6. The number of hydrogen-bond donors (Lipinski definition) is 3. The van der Waals surface area contributed by atoms with Gasteiger partial charge in [-0.3, -0.25) is 9.59 Å². The van der Waals surface area contributed by atoms with E-state index in [9.17, 15) is 14.7 Å². The van der Waals surface area contributed by atoms with E-state index < -0.39 is 17.2 Å². The number of amides is 2.